The summed E-state index contributed by atoms with van der Waals surface area (Å²) in [5.41, 5.74) is -0.304. The predicted molar refractivity (Wildman–Crippen MR) is 59.6 cm³/mol. The van der Waals surface area contributed by atoms with Crippen LogP contribution in [0.5, 0.6) is 0 Å². The second-order valence-electron chi connectivity index (χ2n) is 3.21. The third-order valence-corrected chi connectivity index (χ3v) is 2.86. The van der Waals surface area contributed by atoms with Crippen molar-refractivity contribution in [2.24, 2.45) is 0 Å². The van der Waals surface area contributed by atoms with Gasteiger partial charge < -0.3 is 5.32 Å². The summed E-state index contributed by atoms with van der Waals surface area (Å²) in [6.45, 7) is 0.201. The average molecular weight is 254 g/mol. The van der Waals surface area contributed by atoms with Crippen molar-refractivity contribution in [2.45, 2.75) is 6.54 Å². The number of hydrogen-bond acceptors (Lipinski definition) is 3. The van der Waals surface area contributed by atoms with Gasteiger partial charge in [-0.25, -0.2) is 13.8 Å². The maximum Gasteiger partial charge on any atom is 0.254 e. The van der Waals surface area contributed by atoms with Crippen LogP contribution in [0.15, 0.2) is 29.8 Å². The lowest BCUT2D eigenvalue weighted by molar-refractivity contribution is 0.0946. The molecule has 1 amide bonds. The molecule has 0 atom stereocenters. The molecule has 3 nitrogen and oxygen atoms in total. The van der Waals surface area contributed by atoms with Gasteiger partial charge in [-0.15, -0.1) is 11.3 Å². The van der Waals surface area contributed by atoms with Crippen molar-refractivity contribution in [2.75, 3.05) is 0 Å². The molecule has 1 aromatic heterocycles. The van der Waals surface area contributed by atoms with E-state index in [1.165, 1.54) is 23.5 Å². The molecule has 17 heavy (non-hydrogen) atoms. The van der Waals surface area contributed by atoms with E-state index in [0.29, 0.717) is 5.01 Å². The van der Waals surface area contributed by atoms with Gasteiger partial charge in [0.15, 0.2) is 11.6 Å². The summed E-state index contributed by atoms with van der Waals surface area (Å²) in [4.78, 5) is 15.5. The molecule has 0 aliphatic carbocycles. The third-order valence-electron chi connectivity index (χ3n) is 2.08. The minimum atomic E-state index is -1.14. The van der Waals surface area contributed by atoms with Gasteiger partial charge in [-0.1, -0.05) is 6.07 Å². The third kappa shape index (κ3) is 2.65. The van der Waals surface area contributed by atoms with Crippen molar-refractivity contribution in [3.8, 4) is 0 Å². The van der Waals surface area contributed by atoms with Crippen molar-refractivity contribution < 1.29 is 13.6 Å². The first-order valence-corrected chi connectivity index (χ1v) is 5.67. The summed E-state index contributed by atoms with van der Waals surface area (Å²) in [7, 11) is 0. The van der Waals surface area contributed by atoms with Crippen LogP contribution in [0.3, 0.4) is 0 Å². The lowest BCUT2D eigenvalue weighted by Gasteiger charge is -2.04. The van der Waals surface area contributed by atoms with Gasteiger partial charge in [0, 0.05) is 11.6 Å². The highest BCUT2D eigenvalue weighted by molar-refractivity contribution is 7.09. The summed E-state index contributed by atoms with van der Waals surface area (Å²) in [5.74, 6) is -2.83. The molecule has 0 aliphatic heterocycles. The van der Waals surface area contributed by atoms with Gasteiger partial charge >= 0.3 is 0 Å². The fourth-order valence-corrected chi connectivity index (χ4v) is 1.83. The van der Waals surface area contributed by atoms with Crippen LogP contribution in [0.4, 0.5) is 8.78 Å². The Labute approximate surface area is 100 Å². The Morgan fingerprint density at radius 1 is 1.41 bits per heavy atom. The fraction of sp³-hybridized carbons (Fsp3) is 0.0909. The molecule has 0 radical (unpaired) electrons. The molecule has 0 aliphatic rings. The number of carbonyl (C=O) groups is 1. The van der Waals surface area contributed by atoms with Crippen molar-refractivity contribution >= 4 is 17.2 Å². The van der Waals surface area contributed by atoms with Crippen LogP contribution in [-0.4, -0.2) is 10.9 Å². The first-order chi connectivity index (χ1) is 8.18. The molecule has 1 N–H and O–H groups in total. The summed E-state index contributed by atoms with van der Waals surface area (Å²) in [6.07, 6.45) is 1.61. The number of halogens is 2. The maximum atomic E-state index is 13.3. The zero-order valence-corrected chi connectivity index (χ0v) is 9.43. The van der Waals surface area contributed by atoms with Crippen molar-refractivity contribution in [3.05, 3.63) is 52.0 Å². The normalized spacial score (nSPS) is 10.2. The molecule has 0 saturated heterocycles. The molecular weight excluding hydrogens is 246 g/mol. The SMILES string of the molecule is O=C(NCc1nccs1)c1cccc(F)c1F. The van der Waals surface area contributed by atoms with Crippen LogP contribution >= 0.6 is 11.3 Å². The van der Waals surface area contributed by atoms with Gasteiger partial charge in [0.05, 0.1) is 12.1 Å². The summed E-state index contributed by atoms with van der Waals surface area (Å²) < 4.78 is 26.2. The molecule has 0 spiro atoms. The molecule has 0 fully saturated rings. The lowest BCUT2D eigenvalue weighted by atomic mass is 10.2. The Kier molecular flexibility index (Phi) is 3.43. The Hall–Kier alpha value is -1.82. The molecule has 1 aromatic carbocycles. The number of rotatable bonds is 3. The molecule has 0 bridgehead atoms. The number of nitrogens with zero attached hydrogens (tertiary/aromatic N) is 1. The summed E-state index contributed by atoms with van der Waals surface area (Å²) in [6, 6.07) is 3.49. The van der Waals surface area contributed by atoms with Gasteiger partial charge in [0.1, 0.15) is 5.01 Å². The second kappa shape index (κ2) is 5.01. The predicted octanol–water partition coefficient (Wildman–Crippen LogP) is 2.35. The van der Waals surface area contributed by atoms with Gasteiger partial charge in [-0.3, -0.25) is 4.79 Å². The Balaban J connectivity index is 2.07. The number of hydrogen-bond donors (Lipinski definition) is 1. The zero-order valence-electron chi connectivity index (χ0n) is 8.61. The zero-order chi connectivity index (χ0) is 12.3. The molecular formula is C11H8F2N2OS. The largest absolute Gasteiger partial charge is 0.345 e. The smallest absolute Gasteiger partial charge is 0.254 e. The van der Waals surface area contributed by atoms with Crippen LogP contribution in [0.25, 0.3) is 0 Å². The number of amides is 1. The van der Waals surface area contributed by atoms with Crippen molar-refractivity contribution in [1.82, 2.24) is 10.3 Å². The minimum Gasteiger partial charge on any atom is -0.345 e. The highest BCUT2D eigenvalue weighted by Crippen LogP contribution is 2.11. The van der Waals surface area contributed by atoms with E-state index in [-0.39, 0.29) is 12.1 Å². The highest BCUT2D eigenvalue weighted by Gasteiger charge is 2.14. The van der Waals surface area contributed by atoms with Gasteiger partial charge in [0.25, 0.3) is 5.91 Å². The van der Waals surface area contributed by atoms with Gasteiger partial charge in [-0.05, 0) is 12.1 Å². The van der Waals surface area contributed by atoms with E-state index in [1.807, 2.05) is 0 Å². The van der Waals surface area contributed by atoms with Crippen LogP contribution in [-0.2, 0) is 6.54 Å². The fourth-order valence-electron chi connectivity index (χ4n) is 1.27. The standard InChI is InChI=1S/C11H8F2N2OS/c12-8-3-1-2-7(10(8)13)11(16)15-6-9-14-4-5-17-9/h1-5H,6H2,(H,15,16). The van der Waals surface area contributed by atoms with Crippen LogP contribution in [0, 0.1) is 11.6 Å². The quantitative estimate of drug-likeness (QED) is 0.913. The van der Waals surface area contributed by atoms with E-state index < -0.39 is 17.5 Å². The van der Waals surface area contributed by atoms with E-state index in [0.717, 1.165) is 6.07 Å². The van der Waals surface area contributed by atoms with E-state index >= 15 is 0 Å². The molecule has 88 valence electrons. The number of nitrogens with one attached hydrogen (secondary N) is 1. The first kappa shape index (κ1) is 11.7. The van der Waals surface area contributed by atoms with Crippen LogP contribution in [0.1, 0.15) is 15.4 Å². The molecule has 2 aromatic rings. The molecule has 0 unspecified atom stereocenters. The Morgan fingerprint density at radius 2 is 2.24 bits per heavy atom. The topological polar surface area (TPSA) is 42.0 Å². The number of thiazole rings is 1. The van der Waals surface area contributed by atoms with Gasteiger partial charge in [-0.2, -0.15) is 0 Å². The number of aromatic nitrogens is 1. The number of carbonyl (C=O) groups excluding carboxylic acids is 1. The molecule has 6 heteroatoms. The monoisotopic (exact) mass is 254 g/mol. The van der Waals surface area contributed by atoms with Crippen LogP contribution in [0.2, 0.25) is 0 Å². The van der Waals surface area contributed by atoms with Crippen molar-refractivity contribution in [1.29, 1.82) is 0 Å². The summed E-state index contributed by atoms with van der Waals surface area (Å²) in [5, 5.41) is 4.94. The average Bonchev–Trinajstić information content (AvgIpc) is 2.82. The minimum absolute atomic E-state index is 0.201. The first-order valence-electron chi connectivity index (χ1n) is 4.79. The Morgan fingerprint density at radius 3 is 2.94 bits per heavy atom. The molecule has 2 rings (SSSR count). The lowest BCUT2D eigenvalue weighted by Crippen LogP contribution is -2.24. The van der Waals surface area contributed by atoms with Crippen molar-refractivity contribution in [3.63, 3.8) is 0 Å². The molecule has 1 heterocycles. The van der Waals surface area contributed by atoms with E-state index in [2.05, 4.69) is 10.3 Å². The van der Waals surface area contributed by atoms with Gasteiger partial charge in [0.2, 0.25) is 0 Å². The maximum absolute atomic E-state index is 13.3. The highest BCUT2D eigenvalue weighted by atomic mass is 32.1. The van der Waals surface area contributed by atoms with Crippen LogP contribution < -0.4 is 5.32 Å². The second-order valence-corrected chi connectivity index (χ2v) is 4.19. The van der Waals surface area contributed by atoms with E-state index in [1.54, 1.807) is 11.6 Å². The summed E-state index contributed by atoms with van der Waals surface area (Å²) >= 11 is 1.37. The number of benzene rings is 1. The Bertz CT molecular complexity index is 528. The van der Waals surface area contributed by atoms with E-state index in [9.17, 15) is 13.6 Å². The molecule has 0 saturated carbocycles. The van der Waals surface area contributed by atoms with E-state index in [4.69, 9.17) is 0 Å².